The molecule has 0 nitrogen and oxygen atoms in total. The van der Waals surface area contributed by atoms with Crippen molar-refractivity contribution in [3.63, 3.8) is 0 Å². The normalized spacial score (nSPS) is 19.4. The second kappa shape index (κ2) is 6.21. The molecule has 0 saturated carbocycles. The van der Waals surface area contributed by atoms with Gasteiger partial charge in [0.15, 0.2) is 0 Å². The van der Waals surface area contributed by atoms with Crippen molar-refractivity contribution in [2.75, 3.05) is 0 Å². The number of thioether (sulfide) groups is 2. The first-order chi connectivity index (χ1) is 7.52. The summed E-state index contributed by atoms with van der Waals surface area (Å²) in [5, 5.41) is 0. The Bertz CT molecular complexity index is 395. The van der Waals surface area contributed by atoms with Crippen molar-refractivity contribution in [1.82, 2.24) is 0 Å². The van der Waals surface area contributed by atoms with Gasteiger partial charge < -0.3 is 0 Å². The maximum absolute atomic E-state index is 3.91. The van der Waals surface area contributed by atoms with E-state index in [4.69, 9.17) is 0 Å². The molecule has 16 heavy (non-hydrogen) atoms. The van der Waals surface area contributed by atoms with E-state index in [2.05, 4.69) is 39.2 Å². The third-order valence-electron chi connectivity index (χ3n) is 2.15. The molecule has 0 radical (unpaired) electrons. The average molecular weight is 250 g/mol. The van der Waals surface area contributed by atoms with Gasteiger partial charge in [-0.05, 0) is 58.5 Å². The van der Waals surface area contributed by atoms with Crippen molar-refractivity contribution in [2.24, 2.45) is 0 Å². The molecule has 0 aromatic heterocycles. The van der Waals surface area contributed by atoms with E-state index in [9.17, 15) is 0 Å². The molecule has 0 amide bonds. The molecule has 1 aliphatic heterocycles. The van der Waals surface area contributed by atoms with Crippen molar-refractivity contribution < 1.29 is 0 Å². The van der Waals surface area contributed by atoms with E-state index in [-0.39, 0.29) is 0 Å². The van der Waals surface area contributed by atoms with Crippen LogP contribution in [0.15, 0.2) is 56.6 Å². The van der Waals surface area contributed by atoms with Crippen LogP contribution in [0.4, 0.5) is 0 Å². The summed E-state index contributed by atoms with van der Waals surface area (Å²) in [4.78, 5) is 5.16. The first-order valence-corrected chi connectivity index (χ1v) is 6.88. The van der Waals surface area contributed by atoms with Gasteiger partial charge in [0.1, 0.15) is 0 Å². The van der Waals surface area contributed by atoms with Crippen molar-refractivity contribution in [3.05, 3.63) is 56.6 Å². The maximum atomic E-state index is 3.91. The molecule has 0 N–H and O–H groups in total. The van der Waals surface area contributed by atoms with Gasteiger partial charge in [-0.25, -0.2) is 0 Å². The molecule has 0 aliphatic carbocycles. The number of allylic oxidation sites excluding steroid dienone is 8. The standard InChI is InChI=1S/C14H18S2/c1-6-13(12(5)15-10(2)3)9-14-8-7-11(4)16-14/h6-7,9H,1-2,8H2,3-5H3/b13-12+,14-9+. The van der Waals surface area contributed by atoms with Crippen LogP contribution in [0.3, 0.4) is 0 Å². The highest BCUT2D eigenvalue weighted by atomic mass is 32.2. The molecule has 1 aliphatic rings. The Morgan fingerprint density at radius 3 is 2.62 bits per heavy atom. The second-order valence-electron chi connectivity index (χ2n) is 3.75. The quantitative estimate of drug-likeness (QED) is 0.592. The fourth-order valence-corrected chi connectivity index (χ4v) is 3.14. The lowest BCUT2D eigenvalue weighted by atomic mass is 10.2. The van der Waals surface area contributed by atoms with E-state index >= 15 is 0 Å². The highest BCUT2D eigenvalue weighted by Gasteiger charge is 2.07. The molecular formula is C14H18S2. The van der Waals surface area contributed by atoms with Crippen LogP contribution < -0.4 is 0 Å². The summed E-state index contributed by atoms with van der Waals surface area (Å²) in [7, 11) is 0. The summed E-state index contributed by atoms with van der Waals surface area (Å²) >= 11 is 3.57. The Hall–Kier alpha value is -0.600. The highest BCUT2D eigenvalue weighted by molar-refractivity contribution is 8.07. The van der Waals surface area contributed by atoms with Crippen LogP contribution >= 0.6 is 23.5 Å². The van der Waals surface area contributed by atoms with E-state index in [0.29, 0.717) is 0 Å². The zero-order chi connectivity index (χ0) is 12.1. The first kappa shape index (κ1) is 13.5. The highest BCUT2D eigenvalue weighted by Crippen LogP contribution is 2.37. The zero-order valence-electron chi connectivity index (χ0n) is 10.2. The van der Waals surface area contributed by atoms with E-state index in [1.807, 2.05) is 24.8 Å². The topological polar surface area (TPSA) is 0 Å². The van der Waals surface area contributed by atoms with Crippen LogP contribution in [0.2, 0.25) is 0 Å². The Morgan fingerprint density at radius 1 is 1.50 bits per heavy atom. The number of rotatable bonds is 4. The van der Waals surface area contributed by atoms with Crippen molar-refractivity contribution >= 4 is 23.5 Å². The van der Waals surface area contributed by atoms with Crippen molar-refractivity contribution in [2.45, 2.75) is 27.2 Å². The van der Waals surface area contributed by atoms with Gasteiger partial charge in [-0.2, -0.15) is 0 Å². The molecule has 0 saturated heterocycles. The molecule has 0 bridgehead atoms. The summed E-state index contributed by atoms with van der Waals surface area (Å²) in [5.41, 5.74) is 1.21. The van der Waals surface area contributed by atoms with Gasteiger partial charge in [0.25, 0.3) is 0 Å². The molecule has 86 valence electrons. The predicted octanol–water partition coefficient (Wildman–Crippen LogP) is 5.64. The lowest BCUT2D eigenvalue weighted by molar-refractivity contribution is 1.36. The second-order valence-corrected chi connectivity index (χ2v) is 6.64. The van der Waals surface area contributed by atoms with E-state index < -0.39 is 0 Å². The summed E-state index contributed by atoms with van der Waals surface area (Å²) in [6.07, 6.45) is 7.47. The molecule has 1 heterocycles. The lowest BCUT2D eigenvalue weighted by Crippen LogP contribution is -1.80. The third kappa shape index (κ3) is 4.11. The van der Waals surface area contributed by atoms with Crippen LogP contribution in [0.5, 0.6) is 0 Å². The fourth-order valence-electron chi connectivity index (χ4n) is 1.42. The monoisotopic (exact) mass is 250 g/mol. The van der Waals surface area contributed by atoms with Gasteiger partial charge in [0.2, 0.25) is 0 Å². The summed E-state index contributed by atoms with van der Waals surface area (Å²) in [6, 6.07) is 0. The Labute approximate surface area is 107 Å². The minimum atomic E-state index is 1.05. The molecule has 0 aromatic carbocycles. The number of hydrogen-bond donors (Lipinski definition) is 0. The molecular weight excluding hydrogens is 232 g/mol. The van der Waals surface area contributed by atoms with Gasteiger partial charge in [0.05, 0.1) is 0 Å². The number of hydrogen-bond acceptors (Lipinski definition) is 2. The smallest absolute Gasteiger partial charge is 0.00227 e. The SMILES string of the molecule is C=CC(/C=C1\CC=C(C)S1)=C(/C)SC(=C)C. The van der Waals surface area contributed by atoms with Crippen molar-refractivity contribution in [1.29, 1.82) is 0 Å². The summed E-state index contributed by atoms with van der Waals surface area (Å²) in [5.74, 6) is 0. The van der Waals surface area contributed by atoms with E-state index in [1.165, 1.54) is 20.3 Å². The molecule has 0 aromatic rings. The average Bonchev–Trinajstić information content (AvgIpc) is 2.59. The van der Waals surface area contributed by atoms with Crippen molar-refractivity contribution in [3.8, 4) is 0 Å². The Kier molecular flexibility index (Phi) is 5.23. The van der Waals surface area contributed by atoms with E-state index in [1.54, 1.807) is 11.8 Å². The zero-order valence-corrected chi connectivity index (χ0v) is 11.8. The minimum absolute atomic E-state index is 1.05. The fraction of sp³-hybridized carbons (Fsp3) is 0.286. The van der Waals surface area contributed by atoms with Gasteiger partial charge in [-0.1, -0.05) is 48.8 Å². The van der Waals surface area contributed by atoms with Gasteiger partial charge >= 0.3 is 0 Å². The van der Waals surface area contributed by atoms with Crippen LogP contribution in [0.1, 0.15) is 27.2 Å². The lowest BCUT2D eigenvalue weighted by Gasteiger charge is -2.05. The summed E-state index contributed by atoms with van der Waals surface area (Å²) in [6.45, 7) is 14.1. The third-order valence-corrected chi connectivity index (χ3v) is 4.08. The van der Waals surface area contributed by atoms with Crippen LogP contribution in [0, 0.1) is 0 Å². The Balaban J connectivity index is 2.83. The molecule has 0 unspecified atom stereocenters. The van der Waals surface area contributed by atoms with E-state index in [0.717, 1.165) is 11.3 Å². The maximum Gasteiger partial charge on any atom is -0.00227 e. The van der Waals surface area contributed by atoms with Crippen LogP contribution in [0.25, 0.3) is 0 Å². The minimum Gasteiger partial charge on any atom is -0.0996 e. The predicted molar refractivity (Wildman–Crippen MR) is 79.4 cm³/mol. The molecule has 0 fully saturated rings. The molecule has 0 atom stereocenters. The Morgan fingerprint density at radius 2 is 2.19 bits per heavy atom. The van der Waals surface area contributed by atoms with Gasteiger partial charge in [-0.15, -0.1) is 0 Å². The molecule has 1 rings (SSSR count). The van der Waals surface area contributed by atoms with Crippen LogP contribution in [-0.4, -0.2) is 0 Å². The summed E-state index contributed by atoms with van der Waals surface area (Å²) < 4.78 is 0. The van der Waals surface area contributed by atoms with Crippen LogP contribution in [-0.2, 0) is 0 Å². The van der Waals surface area contributed by atoms with Gasteiger partial charge in [0, 0.05) is 0 Å². The first-order valence-electron chi connectivity index (χ1n) is 5.24. The molecule has 2 heteroatoms. The van der Waals surface area contributed by atoms with Gasteiger partial charge in [-0.3, -0.25) is 0 Å². The molecule has 0 spiro atoms. The largest absolute Gasteiger partial charge is 0.0996 e.